The number of phenolic OH excluding ortho intramolecular Hbond substituents is 2. The van der Waals surface area contributed by atoms with Crippen LogP contribution in [-0.2, 0) is 6.54 Å². The van der Waals surface area contributed by atoms with Crippen LogP contribution in [0.15, 0.2) is 23.6 Å². The smallest absolute Gasteiger partial charge is 0.176 e. The number of halogens is 1. The lowest BCUT2D eigenvalue weighted by Gasteiger charge is -2.24. The second-order valence-electron chi connectivity index (χ2n) is 4.35. The van der Waals surface area contributed by atoms with Gasteiger partial charge in [0.05, 0.1) is 5.02 Å². The summed E-state index contributed by atoms with van der Waals surface area (Å²) in [6.45, 7) is 1.70. The van der Waals surface area contributed by atoms with Crippen molar-refractivity contribution in [1.29, 1.82) is 0 Å². The minimum absolute atomic E-state index is 0.167. The molecule has 1 aromatic carbocycles. The van der Waals surface area contributed by atoms with Crippen LogP contribution < -0.4 is 5.32 Å². The molecular weight excluding hydrogens is 270 g/mol. The first kappa shape index (κ1) is 11.8. The third-order valence-electron chi connectivity index (χ3n) is 3.26. The summed E-state index contributed by atoms with van der Waals surface area (Å²) in [5, 5.41) is 24.8. The molecule has 0 saturated carbocycles. The molecule has 1 aliphatic rings. The van der Waals surface area contributed by atoms with Crippen molar-refractivity contribution in [2.75, 3.05) is 6.54 Å². The Bertz CT molecular complexity index is 573. The molecule has 2 aromatic rings. The number of hydrogen-bond donors (Lipinski definition) is 3. The molecule has 5 heteroatoms. The summed E-state index contributed by atoms with van der Waals surface area (Å²) in [7, 11) is 0. The van der Waals surface area contributed by atoms with Gasteiger partial charge in [0.2, 0.25) is 0 Å². The number of fused-ring (bicyclic) bond motifs is 1. The van der Waals surface area contributed by atoms with Gasteiger partial charge in [0.25, 0.3) is 0 Å². The molecule has 0 saturated heterocycles. The van der Waals surface area contributed by atoms with Crippen LogP contribution in [0, 0.1) is 0 Å². The normalized spacial score (nSPS) is 18.6. The van der Waals surface area contributed by atoms with Crippen molar-refractivity contribution in [1.82, 2.24) is 5.32 Å². The highest BCUT2D eigenvalue weighted by atomic mass is 35.5. The van der Waals surface area contributed by atoms with Gasteiger partial charge in [0.1, 0.15) is 0 Å². The van der Waals surface area contributed by atoms with Gasteiger partial charge in [-0.15, -0.1) is 11.3 Å². The molecule has 94 valence electrons. The van der Waals surface area contributed by atoms with Crippen molar-refractivity contribution in [3.8, 4) is 11.5 Å². The van der Waals surface area contributed by atoms with E-state index in [-0.39, 0.29) is 22.4 Å². The quantitative estimate of drug-likeness (QED) is 0.704. The second kappa shape index (κ2) is 4.46. The zero-order valence-corrected chi connectivity index (χ0v) is 11.1. The van der Waals surface area contributed by atoms with E-state index in [1.54, 1.807) is 23.5 Å². The molecule has 1 aliphatic heterocycles. The van der Waals surface area contributed by atoms with Crippen molar-refractivity contribution < 1.29 is 10.2 Å². The number of thiophene rings is 1. The Morgan fingerprint density at radius 1 is 1.33 bits per heavy atom. The third kappa shape index (κ3) is 1.86. The summed E-state index contributed by atoms with van der Waals surface area (Å²) in [5.41, 5.74) is 2.20. The predicted molar refractivity (Wildman–Crippen MR) is 72.7 cm³/mol. The van der Waals surface area contributed by atoms with E-state index in [4.69, 9.17) is 11.6 Å². The summed E-state index contributed by atoms with van der Waals surface area (Å²) >= 11 is 7.64. The van der Waals surface area contributed by atoms with Crippen LogP contribution >= 0.6 is 22.9 Å². The fourth-order valence-electron chi connectivity index (χ4n) is 2.35. The first-order valence-electron chi connectivity index (χ1n) is 5.65. The van der Waals surface area contributed by atoms with Crippen LogP contribution in [0.25, 0.3) is 0 Å². The zero-order valence-electron chi connectivity index (χ0n) is 9.48. The van der Waals surface area contributed by atoms with E-state index < -0.39 is 0 Å². The molecule has 0 radical (unpaired) electrons. The maximum atomic E-state index is 9.66. The van der Waals surface area contributed by atoms with Crippen LogP contribution in [-0.4, -0.2) is 16.8 Å². The van der Waals surface area contributed by atoms with Crippen molar-refractivity contribution in [3.63, 3.8) is 0 Å². The van der Waals surface area contributed by atoms with E-state index in [1.165, 1.54) is 10.4 Å². The Balaban J connectivity index is 2.07. The number of aromatic hydroxyl groups is 2. The summed E-state index contributed by atoms with van der Waals surface area (Å²) in [6.07, 6.45) is 0. The molecule has 1 unspecified atom stereocenters. The number of benzene rings is 1. The molecule has 0 spiro atoms. The molecule has 1 atom stereocenters. The molecule has 3 N–H and O–H groups in total. The van der Waals surface area contributed by atoms with Crippen molar-refractivity contribution in [2.45, 2.75) is 12.5 Å². The van der Waals surface area contributed by atoms with Gasteiger partial charge < -0.3 is 15.5 Å². The molecule has 1 aromatic heterocycles. The van der Waals surface area contributed by atoms with E-state index >= 15 is 0 Å². The Hall–Kier alpha value is -1.23. The fourth-order valence-corrected chi connectivity index (χ4v) is 3.48. The first-order valence-corrected chi connectivity index (χ1v) is 6.91. The van der Waals surface area contributed by atoms with Gasteiger partial charge >= 0.3 is 0 Å². The molecule has 3 nitrogen and oxygen atoms in total. The largest absolute Gasteiger partial charge is 0.504 e. The lowest BCUT2D eigenvalue weighted by molar-refractivity contribution is 0.403. The van der Waals surface area contributed by atoms with E-state index in [9.17, 15) is 10.2 Å². The number of hydrogen-bond acceptors (Lipinski definition) is 4. The van der Waals surface area contributed by atoms with Gasteiger partial charge in [-0.2, -0.15) is 0 Å². The molecule has 0 bridgehead atoms. The SMILES string of the molecule is Oc1cc(C2CNCc3sccc32)cc(Cl)c1O. The Morgan fingerprint density at radius 2 is 2.17 bits per heavy atom. The minimum atomic E-state index is -0.255. The van der Waals surface area contributed by atoms with Crippen molar-refractivity contribution in [3.05, 3.63) is 44.6 Å². The predicted octanol–water partition coefficient (Wildman–Crippen LogP) is 3.05. The fraction of sp³-hybridized carbons (Fsp3) is 0.231. The highest BCUT2D eigenvalue weighted by molar-refractivity contribution is 7.10. The summed E-state index contributed by atoms with van der Waals surface area (Å²) < 4.78 is 0. The first-order chi connectivity index (χ1) is 8.66. The molecule has 0 aliphatic carbocycles. The molecule has 3 rings (SSSR count). The van der Waals surface area contributed by atoms with E-state index in [0.29, 0.717) is 0 Å². The number of rotatable bonds is 1. The Kier molecular flexibility index (Phi) is 2.93. The van der Waals surface area contributed by atoms with Crippen LogP contribution in [0.2, 0.25) is 5.02 Å². The summed E-state index contributed by atoms with van der Waals surface area (Å²) in [6, 6.07) is 5.42. The van der Waals surface area contributed by atoms with E-state index in [0.717, 1.165) is 18.7 Å². The lowest BCUT2D eigenvalue weighted by Crippen LogP contribution is -2.27. The van der Waals surface area contributed by atoms with Gasteiger partial charge in [-0.3, -0.25) is 0 Å². The average molecular weight is 282 g/mol. The third-order valence-corrected chi connectivity index (χ3v) is 4.48. The average Bonchev–Trinajstić information content (AvgIpc) is 2.83. The maximum Gasteiger partial charge on any atom is 0.176 e. The molecule has 0 amide bonds. The number of phenols is 2. The van der Waals surface area contributed by atoms with E-state index in [1.807, 2.05) is 0 Å². The van der Waals surface area contributed by atoms with Crippen LogP contribution in [0.4, 0.5) is 0 Å². The van der Waals surface area contributed by atoms with Gasteiger partial charge in [0.15, 0.2) is 11.5 Å². The van der Waals surface area contributed by atoms with Gasteiger partial charge in [-0.1, -0.05) is 11.6 Å². The Morgan fingerprint density at radius 3 is 2.94 bits per heavy atom. The standard InChI is InChI=1S/C13H12ClNO2S/c14-10-3-7(4-11(16)13(10)17)9-5-15-6-12-8(9)1-2-18-12/h1-4,9,15-17H,5-6H2. The van der Waals surface area contributed by atoms with Gasteiger partial charge in [0, 0.05) is 23.9 Å². The van der Waals surface area contributed by atoms with Crippen LogP contribution in [0.1, 0.15) is 21.9 Å². The Labute approximate surface area is 114 Å². The second-order valence-corrected chi connectivity index (χ2v) is 5.76. The summed E-state index contributed by atoms with van der Waals surface area (Å²) in [4.78, 5) is 1.31. The van der Waals surface area contributed by atoms with Gasteiger partial charge in [-0.25, -0.2) is 0 Å². The monoisotopic (exact) mass is 281 g/mol. The van der Waals surface area contributed by atoms with Gasteiger partial charge in [-0.05, 0) is 34.7 Å². The molecular formula is C13H12ClNO2S. The highest BCUT2D eigenvalue weighted by Crippen LogP contribution is 2.40. The minimum Gasteiger partial charge on any atom is -0.504 e. The maximum absolute atomic E-state index is 9.66. The topological polar surface area (TPSA) is 52.5 Å². The zero-order chi connectivity index (χ0) is 12.7. The molecule has 2 heterocycles. The molecule has 0 fully saturated rings. The lowest BCUT2D eigenvalue weighted by atomic mass is 9.89. The number of nitrogens with one attached hydrogen (secondary N) is 1. The van der Waals surface area contributed by atoms with E-state index in [2.05, 4.69) is 16.8 Å². The highest BCUT2D eigenvalue weighted by Gasteiger charge is 2.24. The molecule has 18 heavy (non-hydrogen) atoms. The van der Waals surface area contributed by atoms with Crippen LogP contribution in [0.5, 0.6) is 11.5 Å². The van der Waals surface area contributed by atoms with Crippen molar-refractivity contribution >= 4 is 22.9 Å². The van der Waals surface area contributed by atoms with Crippen LogP contribution in [0.3, 0.4) is 0 Å². The van der Waals surface area contributed by atoms with Crippen molar-refractivity contribution in [2.24, 2.45) is 0 Å². The summed E-state index contributed by atoms with van der Waals surface area (Å²) in [5.74, 6) is -0.251.